The van der Waals surface area contributed by atoms with Crippen molar-refractivity contribution < 1.29 is 47.2 Å². The Morgan fingerprint density at radius 2 is 1.58 bits per heavy atom. The summed E-state index contributed by atoms with van der Waals surface area (Å²) in [5.74, 6) is -2.99. The number of hydrogen-bond acceptors (Lipinski definition) is 7. The van der Waals surface area contributed by atoms with Crippen molar-refractivity contribution in [3.05, 3.63) is 125 Å². The van der Waals surface area contributed by atoms with Crippen molar-refractivity contribution in [3.8, 4) is 11.1 Å². The monoisotopic (exact) mass is 734 g/mol. The molecule has 0 bridgehead atoms. The van der Waals surface area contributed by atoms with E-state index in [-0.39, 0.29) is 43.9 Å². The van der Waals surface area contributed by atoms with E-state index in [9.17, 15) is 37.8 Å². The van der Waals surface area contributed by atoms with Crippen molar-refractivity contribution in [1.29, 1.82) is 0 Å². The van der Waals surface area contributed by atoms with Crippen LogP contribution in [0, 0.1) is 0 Å². The van der Waals surface area contributed by atoms with Crippen LogP contribution in [0.25, 0.3) is 11.1 Å². The molecular formula is C39H37F3N2O7S. The van der Waals surface area contributed by atoms with Crippen molar-refractivity contribution in [2.75, 3.05) is 12.3 Å². The maximum Gasteiger partial charge on any atom is 0.471 e. The molecule has 6 rings (SSSR count). The number of alkyl halides is 3. The fourth-order valence-corrected chi connectivity index (χ4v) is 7.27. The zero-order chi connectivity index (χ0) is 36.8. The molecule has 2 amide bonds. The molecule has 3 N–H and O–H groups in total. The van der Waals surface area contributed by atoms with Crippen LogP contribution in [-0.4, -0.2) is 63.5 Å². The second-order valence-electron chi connectivity index (χ2n) is 12.7. The van der Waals surface area contributed by atoms with Gasteiger partial charge in [0.2, 0.25) is 5.91 Å². The molecule has 13 heteroatoms. The van der Waals surface area contributed by atoms with E-state index in [0.29, 0.717) is 23.5 Å². The summed E-state index contributed by atoms with van der Waals surface area (Å²) in [5, 5.41) is 21.4. The van der Waals surface area contributed by atoms with Crippen LogP contribution in [0.15, 0.2) is 102 Å². The van der Waals surface area contributed by atoms with Gasteiger partial charge in [0.1, 0.15) is 6.04 Å². The molecule has 52 heavy (non-hydrogen) atoms. The number of aromatic carboxylic acids is 1. The lowest BCUT2D eigenvalue weighted by atomic mass is 9.99. The smallest absolute Gasteiger partial charge is 0.471 e. The number of carbonyl (C=O) groups is 3. The predicted molar refractivity (Wildman–Crippen MR) is 187 cm³/mol. The summed E-state index contributed by atoms with van der Waals surface area (Å²) in [6.07, 6.45) is -5.09. The zero-order valence-electron chi connectivity index (χ0n) is 27.9. The summed E-state index contributed by atoms with van der Waals surface area (Å²) in [6, 6.07) is 28.3. The van der Waals surface area contributed by atoms with Crippen LogP contribution in [0.3, 0.4) is 0 Å². The third-order valence-electron chi connectivity index (χ3n) is 9.12. The van der Waals surface area contributed by atoms with Crippen molar-refractivity contribution >= 4 is 29.5 Å². The summed E-state index contributed by atoms with van der Waals surface area (Å²) in [5.41, 5.74) is 5.27. The van der Waals surface area contributed by atoms with Crippen molar-refractivity contribution in [2.45, 2.75) is 68.0 Å². The van der Waals surface area contributed by atoms with Gasteiger partial charge in [0.05, 0.1) is 24.4 Å². The largest absolute Gasteiger partial charge is 0.478 e. The summed E-state index contributed by atoms with van der Waals surface area (Å²) in [7, 11) is 0. The normalized spacial score (nSPS) is 20.4. The van der Waals surface area contributed by atoms with Crippen LogP contribution in [0.4, 0.5) is 13.2 Å². The average Bonchev–Trinajstić information content (AvgIpc) is 3.66. The number of amides is 2. The summed E-state index contributed by atoms with van der Waals surface area (Å²) in [6.45, 7) is -0.0850. The Hall–Kier alpha value is -4.69. The molecule has 4 aromatic rings. The molecule has 2 aliphatic heterocycles. The lowest BCUT2D eigenvalue weighted by Gasteiger charge is -2.36. The highest BCUT2D eigenvalue weighted by Gasteiger charge is 2.47. The minimum absolute atomic E-state index is 0.0614. The Bertz CT molecular complexity index is 1870. The van der Waals surface area contributed by atoms with E-state index in [1.54, 1.807) is 42.1 Å². The minimum atomic E-state index is -5.03. The van der Waals surface area contributed by atoms with Crippen LogP contribution in [0.2, 0.25) is 0 Å². The Morgan fingerprint density at radius 3 is 2.25 bits per heavy atom. The van der Waals surface area contributed by atoms with E-state index in [1.807, 2.05) is 66.7 Å². The minimum Gasteiger partial charge on any atom is -0.478 e. The molecule has 2 heterocycles. The molecule has 0 radical (unpaired) electrons. The van der Waals surface area contributed by atoms with Gasteiger partial charge in [-0.3, -0.25) is 9.59 Å². The van der Waals surface area contributed by atoms with E-state index in [0.717, 1.165) is 38.3 Å². The fraction of sp³-hybridized carbons (Fsp3) is 0.308. The number of halogens is 3. The maximum atomic E-state index is 13.0. The third-order valence-corrected chi connectivity index (χ3v) is 10.3. The maximum absolute atomic E-state index is 13.0. The molecule has 4 aromatic carbocycles. The van der Waals surface area contributed by atoms with Gasteiger partial charge in [0, 0.05) is 35.7 Å². The van der Waals surface area contributed by atoms with Crippen molar-refractivity contribution in [3.63, 3.8) is 0 Å². The quantitative estimate of drug-likeness (QED) is 0.140. The number of nitrogens with zero attached hydrogens (tertiary/aromatic N) is 1. The Balaban J connectivity index is 1.12. The highest BCUT2D eigenvalue weighted by atomic mass is 32.2. The highest BCUT2D eigenvalue weighted by Crippen LogP contribution is 2.40. The van der Waals surface area contributed by atoms with Crippen LogP contribution < -0.4 is 5.32 Å². The molecule has 0 aromatic heterocycles. The predicted octanol–water partition coefficient (Wildman–Crippen LogP) is 7.05. The van der Waals surface area contributed by atoms with Gasteiger partial charge in [0.25, 0.3) is 0 Å². The number of hydrogen-bond donors (Lipinski definition) is 3. The fourth-order valence-electron chi connectivity index (χ4n) is 6.35. The van der Waals surface area contributed by atoms with E-state index in [2.05, 4.69) is 5.32 Å². The number of rotatable bonds is 11. The van der Waals surface area contributed by atoms with Gasteiger partial charge in [-0.25, -0.2) is 4.79 Å². The Labute approximate surface area is 302 Å². The molecule has 272 valence electrons. The second-order valence-corrected chi connectivity index (χ2v) is 13.8. The van der Waals surface area contributed by atoms with E-state index in [4.69, 9.17) is 9.47 Å². The third kappa shape index (κ3) is 9.02. The molecule has 2 aliphatic rings. The first kappa shape index (κ1) is 37.1. The average molecular weight is 735 g/mol. The van der Waals surface area contributed by atoms with Gasteiger partial charge in [-0.05, 0) is 71.0 Å². The molecule has 0 aliphatic carbocycles. The van der Waals surface area contributed by atoms with Gasteiger partial charge in [-0.1, -0.05) is 66.7 Å². The number of likely N-dealkylation sites (tertiary alicyclic amines) is 1. The number of thioether (sulfide) groups is 1. The first-order valence-electron chi connectivity index (χ1n) is 16.8. The number of benzene rings is 4. The first-order valence-corrected chi connectivity index (χ1v) is 17.8. The number of aliphatic hydroxyl groups is 1. The first-order chi connectivity index (χ1) is 25.0. The lowest BCUT2D eigenvalue weighted by Crippen LogP contribution is -2.50. The van der Waals surface area contributed by atoms with Crippen LogP contribution in [0.1, 0.15) is 64.3 Å². The molecule has 2 fully saturated rings. The SMILES string of the molecule is O=C(O)c1ccc(SCC2CC(c3ccc(CO)cc3)OC(c3ccc(-c4cccc(CNC(=O)C5CCCN5C(=O)C(F)(F)F)c4)cc3)O2)cc1. The van der Waals surface area contributed by atoms with Gasteiger partial charge >= 0.3 is 18.1 Å². The molecule has 9 nitrogen and oxygen atoms in total. The van der Waals surface area contributed by atoms with Gasteiger partial charge in [-0.15, -0.1) is 11.8 Å². The number of carboxylic acids is 1. The van der Waals surface area contributed by atoms with Gasteiger partial charge in [-0.2, -0.15) is 13.2 Å². The number of ether oxygens (including phenoxy) is 2. The molecule has 4 atom stereocenters. The van der Waals surface area contributed by atoms with Gasteiger partial charge < -0.3 is 29.9 Å². The summed E-state index contributed by atoms with van der Waals surface area (Å²) in [4.78, 5) is 37.4. The molecular weight excluding hydrogens is 697 g/mol. The van der Waals surface area contributed by atoms with E-state index in [1.165, 1.54) is 0 Å². The van der Waals surface area contributed by atoms with Gasteiger partial charge in [0.15, 0.2) is 6.29 Å². The van der Waals surface area contributed by atoms with E-state index < -0.39 is 36.3 Å². The lowest BCUT2D eigenvalue weighted by molar-refractivity contribution is -0.245. The second kappa shape index (κ2) is 16.3. The Kier molecular flexibility index (Phi) is 11.6. The standard InChI is InChI=1S/C39H37F3N2O7S/c40-39(41,42)38(49)44-18-2-5-33(44)35(46)43-21-25-3-1-4-30(19-25)26-10-12-29(13-11-26)37-50-31(23-52-32-16-14-28(15-17-32)36(47)48)20-34(51-37)27-8-6-24(22-45)7-9-27/h1,3-4,6-17,19,31,33-34,37,45H,2,5,18,20-23H2,(H,43,46)(H,47,48). The van der Waals surface area contributed by atoms with Crippen molar-refractivity contribution in [1.82, 2.24) is 10.2 Å². The molecule has 0 saturated carbocycles. The molecule has 0 spiro atoms. The summed E-state index contributed by atoms with van der Waals surface area (Å²) >= 11 is 1.57. The summed E-state index contributed by atoms with van der Waals surface area (Å²) < 4.78 is 52.0. The van der Waals surface area contributed by atoms with E-state index >= 15 is 0 Å². The van der Waals surface area contributed by atoms with Crippen LogP contribution in [-0.2, 0) is 32.2 Å². The topological polar surface area (TPSA) is 125 Å². The highest BCUT2D eigenvalue weighted by molar-refractivity contribution is 7.99. The number of nitrogens with one attached hydrogen (secondary N) is 1. The molecule has 4 unspecified atom stereocenters. The van der Waals surface area contributed by atoms with Crippen molar-refractivity contribution in [2.24, 2.45) is 0 Å². The number of aliphatic hydroxyl groups excluding tert-OH is 1. The molecule has 2 saturated heterocycles. The number of carbonyl (C=O) groups excluding carboxylic acids is 2. The van der Waals surface area contributed by atoms with Crippen LogP contribution in [0.5, 0.6) is 0 Å². The Morgan fingerprint density at radius 1 is 0.865 bits per heavy atom. The van der Waals surface area contributed by atoms with Crippen LogP contribution >= 0.6 is 11.8 Å². The zero-order valence-corrected chi connectivity index (χ0v) is 28.7. The number of carboxylic acid groups (broad SMARTS) is 1.